The van der Waals surface area contributed by atoms with Crippen molar-refractivity contribution in [1.82, 2.24) is 0 Å². The highest BCUT2D eigenvalue weighted by atomic mass is 16.6. The minimum Gasteiger partial charge on any atom is -0.508 e. The van der Waals surface area contributed by atoms with Gasteiger partial charge in [-0.1, -0.05) is 48.5 Å². The summed E-state index contributed by atoms with van der Waals surface area (Å²) < 4.78 is 73.5. The smallest absolute Gasteiger partial charge is 0.347 e. The number of aliphatic hydroxyl groups excluding tert-OH is 1. The molecule has 0 bridgehead atoms. The molecule has 568 valence electrons. The maximum absolute atomic E-state index is 12.0. The van der Waals surface area contributed by atoms with Gasteiger partial charge in [-0.2, -0.15) is 0 Å². The molecule has 0 aliphatic rings. The molecule has 3 N–H and O–H groups in total. The van der Waals surface area contributed by atoms with Gasteiger partial charge in [0, 0.05) is 52.1 Å². The third kappa shape index (κ3) is 43.1. The standard InChI is InChI=1S/2C20H30O6.C16H22O6.C13H18O4.C7H14O3/c2*1-7-23-17(19(22)24-8-2)13-15-9-11-16(12-10-15)25-14(3)18(21)26-20(4,5)6;1-4-20-14(16(19)21-5-2)10-12-6-8-13(9-7-12)22-11(3)15(17)18;1-3-16-12(13(15)17-4-2)9-10-5-7-11(14)8-6-10;1-5(8)6(9)10-7(2,3)4/h2*9-12,14,17H,7-8,13H2,1-6H3;6-9,11,14H,4-5,10H2,1-3H3,(H,17,18);5-8,12,14H,3-4,9H2,1-2H3;5,8H,1-4H3/t2*14-,17-;11-,14-;12-;5-/m00001/s1. The topological polar surface area (TPSA) is 326 Å². The zero-order valence-electron chi connectivity index (χ0n) is 63.2. The Morgan fingerprint density at radius 2 is 0.545 bits per heavy atom. The fourth-order valence-electron chi connectivity index (χ4n) is 8.10. The number of carbonyl (C=O) groups excluding carboxylic acids is 7. The Hall–Kier alpha value is -8.36. The van der Waals surface area contributed by atoms with Crippen LogP contribution in [-0.2, 0) is 116 Å². The lowest BCUT2D eigenvalue weighted by Gasteiger charge is -2.22. The second-order valence-electron chi connectivity index (χ2n) is 25.1. The van der Waals surface area contributed by atoms with Crippen LogP contribution in [0.25, 0.3) is 0 Å². The van der Waals surface area contributed by atoms with Crippen molar-refractivity contribution in [2.45, 2.75) is 237 Å². The quantitative estimate of drug-likeness (QED) is 0.0289. The zero-order valence-corrected chi connectivity index (χ0v) is 63.2. The number of carbonyl (C=O) groups is 8. The number of phenols is 1. The van der Waals surface area contributed by atoms with Gasteiger partial charge in [0.05, 0.1) is 26.4 Å². The van der Waals surface area contributed by atoms with Crippen molar-refractivity contribution in [2.24, 2.45) is 0 Å². The molecule has 0 aliphatic carbocycles. The molecule has 0 fully saturated rings. The van der Waals surface area contributed by atoms with E-state index in [1.165, 1.54) is 13.8 Å². The Balaban J connectivity index is 0.00000127. The number of ether oxygens (including phenoxy) is 14. The SMILES string of the molecule is CCOC(=O)[C@H](Cc1ccc(O)cc1)OCC.CCOC(=O)[C@H](Cc1ccc(O[C@@H](C)C(=O)O)cc1)OCC.CCOC(=O)[C@H](Cc1ccc(O[C@@H](C)C(=O)OC(C)(C)C)cc1)OCC.CCOC(=O)[C@H](Cc1ccc(O[C@@H](C)C(=O)OC(C)(C)C)cc1)OCC.C[C@@H](O)C(=O)OC(C)(C)C. The molecule has 25 heteroatoms. The van der Waals surface area contributed by atoms with E-state index in [1.54, 1.807) is 135 Å². The summed E-state index contributed by atoms with van der Waals surface area (Å²) in [6, 6.07) is 27.9. The van der Waals surface area contributed by atoms with Gasteiger partial charge in [0.25, 0.3) is 0 Å². The zero-order chi connectivity index (χ0) is 77.1. The molecule has 0 unspecified atom stereocenters. The fraction of sp³-hybridized carbons (Fsp3) is 0.579. The molecule has 4 rings (SSSR count). The largest absolute Gasteiger partial charge is 0.508 e. The minimum atomic E-state index is -1.03. The first-order chi connectivity index (χ1) is 47.3. The third-order valence-corrected chi connectivity index (χ3v) is 12.6. The van der Waals surface area contributed by atoms with Crippen molar-refractivity contribution in [1.29, 1.82) is 0 Å². The molecular formula is C76H114O25. The van der Waals surface area contributed by atoms with Crippen LogP contribution in [0.5, 0.6) is 23.0 Å². The molecular weight excluding hydrogens is 1310 g/mol. The second-order valence-corrected chi connectivity index (χ2v) is 25.1. The molecule has 0 heterocycles. The normalized spacial score (nSPS) is 13.4. The average molecular weight is 1430 g/mol. The Bertz CT molecular complexity index is 2890. The van der Waals surface area contributed by atoms with E-state index in [1.807, 2.05) is 93.5 Å². The van der Waals surface area contributed by atoms with Crippen LogP contribution in [0, 0.1) is 0 Å². The third-order valence-electron chi connectivity index (χ3n) is 12.6. The first kappa shape index (κ1) is 92.6. The van der Waals surface area contributed by atoms with Gasteiger partial charge in [0.2, 0.25) is 0 Å². The molecule has 25 nitrogen and oxygen atoms in total. The number of rotatable bonds is 34. The van der Waals surface area contributed by atoms with Crippen LogP contribution in [0.2, 0.25) is 0 Å². The number of phenolic OH excluding ortho intramolecular Hbond substituents is 1. The van der Waals surface area contributed by atoms with E-state index < -0.39 is 89.5 Å². The molecule has 0 amide bonds. The summed E-state index contributed by atoms with van der Waals surface area (Å²) in [7, 11) is 0. The summed E-state index contributed by atoms with van der Waals surface area (Å²) in [6.07, 6.45) is -4.19. The van der Waals surface area contributed by atoms with Crippen LogP contribution in [0.3, 0.4) is 0 Å². The van der Waals surface area contributed by atoms with E-state index >= 15 is 0 Å². The highest BCUT2D eigenvalue weighted by Crippen LogP contribution is 2.22. The van der Waals surface area contributed by atoms with E-state index in [9.17, 15) is 38.4 Å². The summed E-state index contributed by atoms with van der Waals surface area (Å²) in [4.78, 5) is 92.6. The highest BCUT2D eigenvalue weighted by Gasteiger charge is 2.28. The van der Waals surface area contributed by atoms with Gasteiger partial charge in [-0.15, -0.1) is 0 Å². The van der Waals surface area contributed by atoms with Crippen LogP contribution in [-0.4, -0.2) is 182 Å². The number of carboxylic acid groups (broad SMARTS) is 1. The lowest BCUT2D eigenvalue weighted by atomic mass is 10.1. The van der Waals surface area contributed by atoms with Crippen LogP contribution in [0.15, 0.2) is 97.1 Å². The van der Waals surface area contributed by atoms with Gasteiger partial charge < -0.3 is 81.6 Å². The second kappa shape index (κ2) is 49.3. The average Bonchev–Trinajstić information content (AvgIpc) is 0.888. The monoisotopic (exact) mass is 1430 g/mol. The van der Waals surface area contributed by atoms with E-state index in [0.717, 1.165) is 22.3 Å². The Kier molecular flexibility index (Phi) is 45.2. The summed E-state index contributed by atoms with van der Waals surface area (Å²) in [5.74, 6) is -2.13. The number of aliphatic hydroxyl groups is 1. The van der Waals surface area contributed by atoms with E-state index in [-0.39, 0.29) is 29.6 Å². The van der Waals surface area contributed by atoms with Crippen molar-refractivity contribution in [3.05, 3.63) is 119 Å². The number of hydrogen-bond acceptors (Lipinski definition) is 24. The molecule has 0 aromatic heterocycles. The van der Waals surface area contributed by atoms with Gasteiger partial charge >= 0.3 is 47.8 Å². The first-order valence-electron chi connectivity index (χ1n) is 34.1. The van der Waals surface area contributed by atoms with Crippen LogP contribution in [0.1, 0.15) is 168 Å². The molecule has 4 aromatic carbocycles. The maximum atomic E-state index is 12.0. The van der Waals surface area contributed by atoms with Crippen molar-refractivity contribution < 1.29 is 120 Å². The summed E-state index contributed by atoms with van der Waals surface area (Å²) in [5, 5.41) is 26.7. The Labute approximate surface area is 597 Å². The predicted molar refractivity (Wildman–Crippen MR) is 378 cm³/mol. The van der Waals surface area contributed by atoms with E-state index in [0.29, 0.717) is 95.8 Å². The Morgan fingerprint density at radius 3 is 0.733 bits per heavy atom. The van der Waals surface area contributed by atoms with Crippen molar-refractivity contribution in [3.8, 4) is 23.0 Å². The summed E-state index contributed by atoms with van der Waals surface area (Å²) in [5.41, 5.74) is 2.01. The van der Waals surface area contributed by atoms with Crippen molar-refractivity contribution in [3.63, 3.8) is 0 Å². The van der Waals surface area contributed by atoms with Crippen LogP contribution in [0.4, 0.5) is 0 Å². The van der Waals surface area contributed by atoms with E-state index in [4.69, 9.17) is 81.6 Å². The molecule has 0 radical (unpaired) electrons. The molecule has 0 saturated carbocycles. The molecule has 0 spiro atoms. The molecule has 0 aliphatic heterocycles. The molecule has 4 aromatic rings. The first-order valence-corrected chi connectivity index (χ1v) is 34.1. The predicted octanol–water partition coefficient (Wildman–Crippen LogP) is 11.3. The fourth-order valence-corrected chi connectivity index (χ4v) is 8.10. The number of carboxylic acids is 1. The number of esters is 7. The van der Waals surface area contributed by atoms with E-state index in [2.05, 4.69) is 0 Å². The van der Waals surface area contributed by atoms with Gasteiger partial charge in [0.15, 0.2) is 42.7 Å². The van der Waals surface area contributed by atoms with Gasteiger partial charge in [-0.05, 0) is 216 Å². The van der Waals surface area contributed by atoms with Gasteiger partial charge in [0.1, 0.15) is 45.9 Å². The number of benzene rings is 4. The maximum Gasteiger partial charge on any atom is 0.347 e. The minimum absolute atomic E-state index is 0.206. The van der Waals surface area contributed by atoms with Crippen molar-refractivity contribution >= 4 is 47.8 Å². The number of hydrogen-bond donors (Lipinski definition) is 3. The lowest BCUT2D eigenvalue weighted by Crippen LogP contribution is -2.33. The van der Waals surface area contributed by atoms with Crippen molar-refractivity contribution in [2.75, 3.05) is 52.9 Å². The van der Waals surface area contributed by atoms with Gasteiger partial charge in [-0.3, -0.25) is 0 Å². The highest BCUT2D eigenvalue weighted by molar-refractivity contribution is 5.78. The lowest BCUT2D eigenvalue weighted by molar-refractivity contribution is -0.164. The molecule has 101 heavy (non-hydrogen) atoms. The van der Waals surface area contributed by atoms with Gasteiger partial charge in [-0.25, -0.2) is 38.4 Å². The molecule has 0 saturated heterocycles. The van der Waals surface area contributed by atoms with Crippen LogP contribution < -0.4 is 14.2 Å². The van der Waals surface area contributed by atoms with Crippen LogP contribution >= 0.6 is 0 Å². The summed E-state index contributed by atoms with van der Waals surface area (Å²) in [6.45, 7) is 39.7. The molecule has 8 atom stereocenters. The Morgan fingerprint density at radius 1 is 0.327 bits per heavy atom. The summed E-state index contributed by atoms with van der Waals surface area (Å²) >= 11 is 0. The number of aromatic hydroxyl groups is 1. The number of aliphatic carboxylic acids is 1.